The molecule has 0 spiro atoms. The van der Waals surface area contributed by atoms with Gasteiger partial charge in [0.15, 0.2) is 0 Å². The van der Waals surface area contributed by atoms with Crippen molar-refractivity contribution in [2.45, 2.75) is 20.8 Å². The zero-order valence-electron chi connectivity index (χ0n) is 10.5. The summed E-state index contributed by atoms with van der Waals surface area (Å²) in [5.74, 6) is 1.55. The third kappa shape index (κ3) is 3.97. The predicted octanol–water partition coefficient (Wildman–Crippen LogP) is 3.73. The molecule has 0 radical (unpaired) electrons. The van der Waals surface area contributed by atoms with E-state index in [-0.39, 0.29) is 5.41 Å². The molecule has 16 heavy (non-hydrogen) atoms. The van der Waals surface area contributed by atoms with Gasteiger partial charge in [0, 0.05) is 5.56 Å². The van der Waals surface area contributed by atoms with E-state index < -0.39 is 0 Å². The van der Waals surface area contributed by atoms with Gasteiger partial charge in [0.25, 0.3) is 0 Å². The summed E-state index contributed by atoms with van der Waals surface area (Å²) in [6.07, 6.45) is 0. The lowest BCUT2D eigenvalue weighted by atomic mass is 9.99. The normalized spacial score (nSPS) is 11.0. The third-order valence-electron chi connectivity index (χ3n) is 2.09. The second-order valence-corrected chi connectivity index (χ2v) is 5.00. The van der Waals surface area contributed by atoms with E-state index in [0.717, 1.165) is 11.3 Å². The van der Waals surface area contributed by atoms with Crippen LogP contribution >= 0.6 is 0 Å². The minimum absolute atomic E-state index is 0.175. The lowest BCUT2D eigenvalue weighted by molar-refractivity contribution is 0.198. The van der Waals surface area contributed by atoms with Crippen LogP contribution in [0.25, 0.3) is 5.76 Å². The molecule has 2 nitrogen and oxygen atoms in total. The van der Waals surface area contributed by atoms with Crippen LogP contribution in [-0.4, -0.2) is 13.7 Å². The van der Waals surface area contributed by atoms with E-state index in [1.165, 1.54) is 0 Å². The molecule has 0 saturated heterocycles. The Bertz CT molecular complexity index is 344. The Morgan fingerprint density at radius 2 is 1.75 bits per heavy atom. The van der Waals surface area contributed by atoms with Crippen LogP contribution in [0.5, 0.6) is 5.75 Å². The van der Waals surface area contributed by atoms with E-state index >= 15 is 0 Å². The van der Waals surface area contributed by atoms with Gasteiger partial charge in [-0.05, 0) is 29.7 Å². The highest BCUT2D eigenvalue weighted by Crippen LogP contribution is 2.20. The van der Waals surface area contributed by atoms with Gasteiger partial charge < -0.3 is 9.47 Å². The van der Waals surface area contributed by atoms with Crippen LogP contribution in [0, 0.1) is 5.41 Å². The summed E-state index contributed by atoms with van der Waals surface area (Å²) < 4.78 is 10.7. The Balaban J connectivity index is 2.62. The number of benzene rings is 1. The van der Waals surface area contributed by atoms with Crippen molar-refractivity contribution in [2.24, 2.45) is 5.41 Å². The van der Waals surface area contributed by atoms with E-state index in [0.29, 0.717) is 12.4 Å². The molecule has 0 atom stereocenters. The Hall–Kier alpha value is -1.44. The highest BCUT2D eigenvalue weighted by atomic mass is 16.5. The monoisotopic (exact) mass is 220 g/mol. The van der Waals surface area contributed by atoms with Gasteiger partial charge in [0.1, 0.15) is 11.5 Å². The fourth-order valence-corrected chi connectivity index (χ4v) is 1.15. The summed E-state index contributed by atoms with van der Waals surface area (Å²) in [5, 5.41) is 0. The van der Waals surface area contributed by atoms with Crippen molar-refractivity contribution in [3.63, 3.8) is 0 Å². The van der Waals surface area contributed by atoms with Gasteiger partial charge >= 0.3 is 0 Å². The van der Waals surface area contributed by atoms with Crippen molar-refractivity contribution in [1.82, 2.24) is 0 Å². The van der Waals surface area contributed by atoms with Crippen molar-refractivity contribution in [3.05, 3.63) is 36.4 Å². The average molecular weight is 220 g/mol. The van der Waals surface area contributed by atoms with Gasteiger partial charge in [-0.1, -0.05) is 27.4 Å². The van der Waals surface area contributed by atoms with E-state index in [9.17, 15) is 0 Å². The Kier molecular flexibility index (Phi) is 3.99. The lowest BCUT2D eigenvalue weighted by Crippen LogP contribution is -2.16. The van der Waals surface area contributed by atoms with Crippen molar-refractivity contribution < 1.29 is 9.47 Å². The molecule has 0 heterocycles. The summed E-state index contributed by atoms with van der Waals surface area (Å²) in [5.41, 5.74) is 1.15. The molecular formula is C14H20O2. The largest absolute Gasteiger partial charge is 0.497 e. The number of hydrogen-bond donors (Lipinski definition) is 0. The average Bonchev–Trinajstić information content (AvgIpc) is 2.25. The molecule has 0 unspecified atom stereocenters. The third-order valence-corrected chi connectivity index (χ3v) is 2.09. The molecule has 1 aromatic rings. The molecule has 88 valence electrons. The van der Waals surface area contributed by atoms with E-state index in [4.69, 9.17) is 9.47 Å². The molecule has 0 aliphatic rings. The number of rotatable bonds is 4. The van der Waals surface area contributed by atoms with Gasteiger partial charge in [-0.3, -0.25) is 0 Å². The molecular weight excluding hydrogens is 200 g/mol. The lowest BCUT2D eigenvalue weighted by Gasteiger charge is -2.18. The summed E-state index contributed by atoms with van der Waals surface area (Å²) >= 11 is 0. The van der Waals surface area contributed by atoms with Gasteiger partial charge in [0.2, 0.25) is 0 Å². The Morgan fingerprint density at radius 3 is 2.19 bits per heavy atom. The van der Waals surface area contributed by atoms with E-state index in [2.05, 4.69) is 27.4 Å². The summed E-state index contributed by atoms with van der Waals surface area (Å²) in [7, 11) is 1.62. The summed E-state index contributed by atoms with van der Waals surface area (Å²) in [4.78, 5) is 0. The Morgan fingerprint density at radius 1 is 1.19 bits per heavy atom. The van der Waals surface area contributed by atoms with Crippen molar-refractivity contribution in [3.8, 4) is 5.75 Å². The zero-order valence-corrected chi connectivity index (χ0v) is 10.5. The summed E-state index contributed by atoms with van der Waals surface area (Å²) in [6.45, 7) is 10.9. The van der Waals surface area contributed by atoms with Crippen LogP contribution in [0.1, 0.15) is 26.3 Å². The maximum atomic E-state index is 5.67. The molecule has 0 saturated carbocycles. The highest BCUT2D eigenvalue weighted by Gasteiger charge is 2.10. The van der Waals surface area contributed by atoms with Crippen LogP contribution < -0.4 is 4.74 Å². The number of hydrogen-bond acceptors (Lipinski definition) is 2. The first-order valence-corrected chi connectivity index (χ1v) is 5.38. The predicted molar refractivity (Wildman–Crippen MR) is 67.4 cm³/mol. The van der Waals surface area contributed by atoms with Crippen molar-refractivity contribution >= 4 is 5.76 Å². The van der Waals surface area contributed by atoms with Gasteiger partial charge in [-0.2, -0.15) is 0 Å². The van der Waals surface area contributed by atoms with Crippen LogP contribution in [0.15, 0.2) is 30.8 Å². The first kappa shape index (κ1) is 12.6. The molecule has 0 aliphatic carbocycles. The molecule has 2 heteroatoms. The number of ether oxygens (including phenoxy) is 2. The molecule has 0 aromatic heterocycles. The Labute approximate surface area is 97.9 Å². The SMILES string of the molecule is C=C(OC)c1ccc(OCC(C)(C)C)cc1. The van der Waals surface area contributed by atoms with Crippen LogP contribution in [0.4, 0.5) is 0 Å². The molecule has 0 aliphatic heterocycles. The van der Waals surface area contributed by atoms with E-state index in [1.807, 2.05) is 24.3 Å². The first-order valence-electron chi connectivity index (χ1n) is 5.38. The maximum absolute atomic E-state index is 5.67. The minimum Gasteiger partial charge on any atom is -0.497 e. The quantitative estimate of drug-likeness (QED) is 0.720. The van der Waals surface area contributed by atoms with Crippen molar-refractivity contribution in [2.75, 3.05) is 13.7 Å². The molecule has 0 N–H and O–H groups in total. The topological polar surface area (TPSA) is 18.5 Å². The molecule has 0 bridgehead atoms. The molecule has 1 rings (SSSR count). The van der Waals surface area contributed by atoms with Crippen molar-refractivity contribution in [1.29, 1.82) is 0 Å². The molecule has 0 amide bonds. The minimum atomic E-state index is 0.175. The fraction of sp³-hybridized carbons (Fsp3) is 0.429. The smallest absolute Gasteiger partial charge is 0.119 e. The number of methoxy groups -OCH3 is 1. The fourth-order valence-electron chi connectivity index (χ4n) is 1.15. The maximum Gasteiger partial charge on any atom is 0.119 e. The van der Waals surface area contributed by atoms with E-state index in [1.54, 1.807) is 7.11 Å². The molecule has 0 fully saturated rings. The second kappa shape index (κ2) is 5.06. The van der Waals surface area contributed by atoms with Gasteiger partial charge in [0.05, 0.1) is 13.7 Å². The van der Waals surface area contributed by atoms with Crippen LogP contribution in [0.3, 0.4) is 0 Å². The zero-order chi connectivity index (χ0) is 12.2. The second-order valence-electron chi connectivity index (χ2n) is 5.00. The standard InChI is InChI=1S/C14H20O2/c1-11(15-5)12-6-8-13(9-7-12)16-10-14(2,3)4/h6-9H,1,10H2,2-5H3. The van der Waals surface area contributed by atoms with Gasteiger partial charge in [-0.15, -0.1) is 0 Å². The van der Waals surface area contributed by atoms with Crippen LogP contribution in [-0.2, 0) is 4.74 Å². The summed E-state index contributed by atoms with van der Waals surface area (Å²) in [6, 6.07) is 7.77. The molecule has 1 aromatic carbocycles. The first-order chi connectivity index (χ1) is 7.42. The highest BCUT2D eigenvalue weighted by molar-refractivity contribution is 5.57. The van der Waals surface area contributed by atoms with Gasteiger partial charge in [-0.25, -0.2) is 0 Å². The van der Waals surface area contributed by atoms with Crippen LogP contribution in [0.2, 0.25) is 0 Å².